The number of imidazole rings is 1. The smallest absolute Gasteiger partial charge is 0.160 e. The van der Waals surface area contributed by atoms with Crippen LogP contribution in [0.15, 0.2) is 18.3 Å². The minimum Gasteiger partial charge on any atom is -0.381 e. The molecule has 2 aliphatic rings. The van der Waals surface area contributed by atoms with Gasteiger partial charge in [0.25, 0.3) is 0 Å². The Kier molecular flexibility index (Phi) is 3.86. The molecule has 21 heavy (non-hydrogen) atoms. The highest BCUT2D eigenvalue weighted by atomic mass is 32.2. The SMILES string of the molecule is c1cnc2c(c1)nc(C1CCOCC1)n2CC1CCSC1. The number of rotatable bonds is 3. The summed E-state index contributed by atoms with van der Waals surface area (Å²) in [5.41, 5.74) is 2.11. The van der Waals surface area contributed by atoms with Crippen molar-refractivity contribution in [2.24, 2.45) is 5.92 Å². The minimum absolute atomic E-state index is 0.530. The third-order valence-corrected chi connectivity index (χ3v) is 5.82. The monoisotopic (exact) mass is 303 g/mol. The standard InChI is InChI=1S/C16H21N3OS/c1-2-14-16(17-6-1)19(10-12-5-9-21-11-12)15(18-14)13-3-7-20-8-4-13/h1-2,6,12-13H,3-5,7-11H2. The number of nitrogens with zero attached hydrogens (tertiary/aromatic N) is 3. The van der Waals surface area contributed by atoms with Gasteiger partial charge in [0, 0.05) is 31.9 Å². The van der Waals surface area contributed by atoms with E-state index in [4.69, 9.17) is 9.72 Å². The molecule has 4 rings (SSSR count). The third kappa shape index (κ3) is 2.69. The molecule has 0 aliphatic carbocycles. The van der Waals surface area contributed by atoms with E-state index in [1.807, 2.05) is 12.3 Å². The van der Waals surface area contributed by atoms with E-state index in [2.05, 4.69) is 27.4 Å². The number of hydrogen-bond donors (Lipinski definition) is 0. The topological polar surface area (TPSA) is 39.9 Å². The van der Waals surface area contributed by atoms with Crippen molar-refractivity contribution in [3.8, 4) is 0 Å². The fourth-order valence-corrected chi connectivity index (χ4v) is 4.68. The highest BCUT2D eigenvalue weighted by Crippen LogP contribution is 2.31. The van der Waals surface area contributed by atoms with Crippen LogP contribution in [-0.4, -0.2) is 39.3 Å². The average molecular weight is 303 g/mol. The molecule has 2 aromatic rings. The molecule has 1 atom stereocenters. The summed E-state index contributed by atoms with van der Waals surface area (Å²) in [6.45, 7) is 2.80. The number of thioether (sulfide) groups is 1. The Hall–Kier alpha value is -1.07. The molecule has 2 saturated heterocycles. The molecule has 112 valence electrons. The summed E-state index contributed by atoms with van der Waals surface area (Å²) in [6.07, 6.45) is 5.38. The van der Waals surface area contributed by atoms with Crippen LogP contribution in [0.1, 0.15) is 31.0 Å². The van der Waals surface area contributed by atoms with Gasteiger partial charge in [-0.3, -0.25) is 0 Å². The van der Waals surface area contributed by atoms with Gasteiger partial charge in [0.15, 0.2) is 5.65 Å². The Bertz CT molecular complexity index is 615. The van der Waals surface area contributed by atoms with Gasteiger partial charge in [-0.15, -0.1) is 0 Å². The zero-order valence-electron chi connectivity index (χ0n) is 12.2. The maximum Gasteiger partial charge on any atom is 0.160 e. The van der Waals surface area contributed by atoms with Crippen LogP contribution in [0.3, 0.4) is 0 Å². The first-order chi connectivity index (χ1) is 10.4. The second-order valence-corrected chi connectivity index (χ2v) is 7.19. The van der Waals surface area contributed by atoms with Crippen molar-refractivity contribution >= 4 is 22.9 Å². The van der Waals surface area contributed by atoms with Crippen LogP contribution in [-0.2, 0) is 11.3 Å². The van der Waals surface area contributed by atoms with E-state index in [-0.39, 0.29) is 0 Å². The van der Waals surface area contributed by atoms with Crippen molar-refractivity contribution in [1.29, 1.82) is 0 Å². The molecule has 4 heterocycles. The lowest BCUT2D eigenvalue weighted by molar-refractivity contribution is 0.0827. The Morgan fingerprint density at radius 2 is 2.19 bits per heavy atom. The average Bonchev–Trinajstić information content (AvgIpc) is 3.17. The number of hydrogen-bond acceptors (Lipinski definition) is 4. The molecule has 2 fully saturated rings. The van der Waals surface area contributed by atoms with Crippen molar-refractivity contribution in [1.82, 2.24) is 14.5 Å². The fourth-order valence-electron chi connectivity index (χ4n) is 3.41. The van der Waals surface area contributed by atoms with Crippen LogP contribution in [0.5, 0.6) is 0 Å². The van der Waals surface area contributed by atoms with E-state index < -0.39 is 0 Å². The normalized spacial score (nSPS) is 23.9. The lowest BCUT2D eigenvalue weighted by atomic mass is 9.99. The predicted octanol–water partition coefficient (Wildman–Crippen LogP) is 3.08. The molecule has 0 spiro atoms. The van der Waals surface area contributed by atoms with Gasteiger partial charge in [-0.2, -0.15) is 11.8 Å². The van der Waals surface area contributed by atoms with E-state index in [0.29, 0.717) is 5.92 Å². The zero-order chi connectivity index (χ0) is 14.1. The lowest BCUT2D eigenvalue weighted by Gasteiger charge is -2.23. The van der Waals surface area contributed by atoms with E-state index in [1.165, 1.54) is 23.8 Å². The minimum atomic E-state index is 0.530. The Labute approximate surface area is 129 Å². The number of aromatic nitrogens is 3. The van der Waals surface area contributed by atoms with Crippen molar-refractivity contribution in [2.75, 3.05) is 24.7 Å². The lowest BCUT2D eigenvalue weighted by Crippen LogP contribution is -2.20. The molecule has 0 amide bonds. The highest BCUT2D eigenvalue weighted by molar-refractivity contribution is 7.99. The molecule has 0 N–H and O–H groups in total. The van der Waals surface area contributed by atoms with E-state index >= 15 is 0 Å². The summed E-state index contributed by atoms with van der Waals surface area (Å²) in [7, 11) is 0. The molecule has 0 bridgehead atoms. The van der Waals surface area contributed by atoms with Gasteiger partial charge in [-0.1, -0.05) is 0 Å². The highest BCUT2D eigenvalue weighted by Gasteiger charge is 2.25. The van der Waals surface area contributed by atoms with Crippen LogP contribution in [0.4, 0.5) is 0 Å². The second kappa shape index (κ2) is 5.97. The molecular formula is C16H21N3OS. The summed E-state index contributed by atoms with van der Waals surface area (Å²) in [5.74, 6) is 5.12. The maximum absolute atomic E-state index is 5.51. The number of ether oxygens (including phenoxy) is 1. The van der Waals surface area contributed by atoms with E-state index in [0.717, 1.165) is 49.7 Å². The summed E-state index contributed by atoms with van der Waals surface area (Å²) in [4.78, 5) is 9.52. The summed E-state index contributed by atoms with van der Waals surface area (Å²) in [6, 6.07) is 4.07. The van der Waals surface area contributed by atoms with Gasteiger partial charge in [0.1, 0.15) is 11.3 Å². The van der Waals surface area contributed by atoms with Gasteiger partial charge >= 0.3 is 0 Å². The van der Waals surface area contributed by atoms with Gasteiger partial charge in [-0.05, 0) is 48.8 Å². The largest absolute Gasteiger partial charge is 0.381 e. The Balaban J connectivity index is 1.72. The third-order valence-electron chi connectivity index (χ3n) is 4.58. The summed E-state index contributed by atoms with van der Waals surface area (Å²) < 4.78 is 7.92. The van der Waals surface area contributed by atoms with Crippen LogP contribution in [0.2, 0.25) is 0 Å². The Morgan fingerprint density at radius 3 is 3.00 bits per heavy atom. The molecule has 0 radical (unpaired) electrons. The van der Waals surface area contributed by atoms with Crippen LogP contribution >= 0.6 is 11.8 Å². The first kappa shape index (κ1) is 13.6. The fraction of sp³-hybridized carbons (Fsp3) is 0.625. The molecule has 5 heteroatoms. The summed E-state index contributed by atoms with van der Waals surface area (Å²) in [5, 5.41) is 0. The van der Waals surface area contributed by atoms with Crippen LogP contribution in [0, 0.1) is 5.92 Å². The summed E-state index contributed by atoms with van der Waals surface area (Å²) >= 11 is 2.08. The molecule has 2 aliphatic heterocycles. The van der Waals surface area contributed by atoms with Gasteiger partial charge in [0.05, 0.1) is 0 Å². The molecular weight excluding hydrogens is 282 g/mol. The molecule has 0 aromatic carbocycles. The van der Waals surface area contributed by atoms with E-state index in [1.54, 1.807) is 0 Å². The second-order valence-electron chi connectivity index (χ2n) is 6.04. The van der Waals surface area contributed by atoms with Gasteiger partial charge in [0.2, 0.25) is 0 Å². The first-order valence-corrected chi connectivity index (χ1v) is 9.04. The molecule has 2 aromatic heterocycles. The zero-order valence-corrected chi connectivity index (χ0v) is 13.0. The van der Waals surface area contributed by atoms with Crippen molar-refractivity contribution < 1.29 is 4.74 Å². The van der Waals surface area contributed by atoms with E-state index in [9.17, 15) is 0 Å². The van der Waals surface area contributed by atoms with Crippen LogP contribution in [0.25, 0.3) is 11.2 Å². The maximum atomic E-state index is 5.51. The van der Waals surface area contributed by atoms with Crippen LogP contribution < -0.4 is 0 Å². The first-order valence-electron chi connectivity index (χ1n) is 7.88. The van der Waals surface area contributed by atoms with Gasteiger partial charge in [-0.25, -0.2) is 9.97 Å². The molecule has 4 nitrogen and oxygen atoms in total. The van der Waals surface area contributed by atoms with Crippen molar-refractivity contribution in [2.45, 2.75) is 31.7 Å². The number of fused-ring (bicyclic) bond motifs is 1. The van der Waals surface area contributed by atoms with Crippen molar-refractivity contribution in [3.63, 3.8) is 0 Å². The molecule has 1 unspecified atom stereocenters. The molecule has 0 saturated carbocycles. The van der Waals surface area contributed by atoms with Crippen molar-refractivity contribution in [3.05, 3.63) is 24.2 Å². The quantitative estimate of drug-likeness (QED) is 0.873. The Morgan fingerprint density at radius 1 is 1.29 bits per heavy atom. The number of pyridine rings is 1. The predicted molar refractivity (Wildman–Crippen MR) is 85.8 cm³/mol. The van der Waals surface area contributed by atoms with Gasteiger partial charge < -0.3 is 9.30 Å².